The highest BCUT2D eigenvalue weighted by atomic mass is 127. The zero-order chi connectivity index (χ0) is 10.3. The SMILES string of the molecule is CCN1C=CC(C)=CC1.[O-][I+2]([O-])O. The number of hydrogen-bond acceptors (Lipinski definition) is 4. The summed E-state index contributed by atoms with van der Waals surface area (Å²) in [5.74, 6) is 0. The van der Waals surface area contributed by atoms with Gasteiger partial charge in [-0.1, -0.05) is 11.6 Å². The smallest absolute Gasteiger partial charge is 0.396 e. The number of allylic oxidation sites excluding steroid dienone is 2. The lowest BCUT2D eigenvalue weighted by molar-refractivity contribution is -1.63. The summed E-state index contributed by atoms with van der Waals surface area (Å²) in [6.07, 6.45) is 6.53. The molecule has 1 aliphatic heterocycles. The maximum absolute atomic E-state index is 8.68. The van der Waals surface area contributed by atoms with Crippen LogP contribution in [0.4, 0.5) is 0 Å². The normalized spacial score (nSPS) is 15.2. The largest absolute Gasteiger partial charge is 0.503 e. The first-order valence-electron chi connectivity index (χ1n) is 3.89. The molecule has 0 aromatic rings. The average molecular weight is 299 g/mol. The molecule has 1 N–H and O–H groups in total. The molecular formula is C8H14INO3. The highest BCUT2D eigenvalue weighted by Crippen LogP contribution is 2.04. The Morgan fingerprint density at radius 1 is 1.62 bits per heavy atom. The van der Waals surface area contributed by atoms with Crippen molar-refractivity contribution in [1.82, 2.24) is 4.90 Å². The van der Waals surface area contributed by atoms with E-state index in [2.05, 4.69) is 37.1 Å². The van der Waals surface area contributed by atoms with E-state index in [1.807, 2.05) is 0 Å². The molecule has 0 aromatic heterocycles. The summed E-state index contributed by atoms with van der Waals surface area (Å²) in [6, 6.07) is 0. The molecule has 1 heterocycles. The van der Waals surface area contributed by atoms with Crippen LogP contribution >= 0.6 is 0 Å². The average Bonchev–Trinajstić information content (AvgIpc) is 2.05. The Morgan fingerprint density at radius 2 is 2.15 bits per heavy atom. The van der Waals surface area contributed by atoms with Crippen molar-refractivity contribution < 1.29 is 31.4 Å². The summed E-state index contributed by atoms with van der Waals surface area (Å²) < 4.78 is 24.5. The molecule has 13 heavy (non-hydrogen) atoms. The lowest BCUT2D eigenvalue weighted by Gasteiger charge is -2.19. The third-order valence-electron chi connectivity index (χ3n) is 1.60. The molecule has 1 rings (SSSR count). The van der Waals surface area contributed by atoms with Crippen LogP contribution in [0.5, 0.6) is 0 Å². The molecule has 0 fully saturated rings. The second-order valence-electron chi connectivity index (χ2n) is 2.55. The van der Waals surface area contributed by atoms with Gasteiger partial charge in [-0.2, -0.15) is 0 Å². The lowest BCUT2D eigenvalue weighted by atomic mass is 10.2. The molecule has 0 amide bonds. The number of rotatable bonds is 1. The van der Waals surface area contributed by atoms with Crippen molar-refractivity contribution in [1.29, 1.82) is 0 Å². The Kier molecular flexibility index (Phi) is 7.25. The molecular weight excluding hydrogens is 285 g/mol. The molecule has 0 radical (unpaired) electrons. The minimum Gasteiger partial charge on any atom is -0.396 e. The van der Waals surface area contributed by atoms with Crippen LogP contribution in [0.15, 0.2) is 23.9 Å². The fourth-order valence-electron chi connectivity index (χ4n) is 0.848. The lowest BCUT2D eigenvalue weighted by Crippen LogP contribution is -3.98. The van der Waals surface area contributed by atoms with Gasteiger partial charge in [-0.3, -0.25) is 0 Å². The van der Waals surface area contributed by atoms with Gasteiger partial charge >= 0.3 is 21.1 Å². The van der Waals surface area contributed by atoms with E-state index in [9.17, 15) is 0 Å². The fraction of sp³-hybridized carbons (Fsp3) is 0.500. The van der Waals surface area contributed by atoms with Gasteiger partial charge < -0.3 is 11.8 Å². The highest BCUT2D eigenvalue weighted by molar-refractivity contribution is 5.19. The van der Waals surface area contributed by atoms with E-state index in [-0.39, 0.29) is 0 Å². The zero-order valence-corrected chi connectivity index (χ0v) is 9.89. The summed E-state index contributed by atoms with van der Waals surface area (Å²) in [7, 11) is 0. The second-order valence-corrected chi connectivity index (χ2v) is 3.70. The molecule has 0 saturated heterocycles. The Hall–Kier alpha value is -0.110. The Balaban J connectivity index is 0.000000310. The van der Waals surface area contributed by atoms with Crippen molar-refractivity contribution in [2.24, 2.45) is 0 Å². The first-order chi connectivity index (χ1) is 6.06. The van der Waals surface area contributed by atoms with Gasteiger partial charge in [-0.15, -0.1) is 0 Å². The van der Waals surface area contributed by atoms with Crippen LogP contribution < -0.4 is 27.9 Å². The molecule has 0 spiro atoms. The van der Waals surface area contributed by atoms with Gasteiger partial charge in [0.25, 0.3) is 0 Å². The van der Waals surface area contributed by atoms with Crippen LogP contribution in [0.2, 0.25) is 0 Å². The van der Waals surface area contributed by atoms with Gasteiger partial charge in [-0.25, -0.2) is 0 Å². The predicted molar refractivity (Wildman–Crippen MR) is 42.4 cm³/mol. The predicted octanol–water partition coefficient (Wildman–Crippen LogP) is -4.15. The van der Waals surface area contributed by atoms with Crippen LogP contribution in [0.25, 0.3) is 0 Å². The first-order valence-corrected chi connectivity index (χ1v) is 6.62. The van der Waals surface area contributed by atoms with Gasteiger partial charge in [0.15, 0.2) is 0 Å². The van der Waals surface area contributed by atoms with Gasteiger partial charge in [0.05, 0.1) is 0 Å². The van der Waals surface area contributed by atoms with Crippen molar-refractivity contribution in [3.05, 3.63) is 23.9 Å². The van der Waals surface area contributed by atoms with Gasteiger partial charge in [0.1, 0.15) is 0 Å². The molecule has 0 bridgehead atoms. The Labute approximate surface area is 87.2 Å². The van der Waals surface area contributed by atoms with E-state index >= 15 is 0 Å². The summed E-state index contributed by atoms with van der Waals surface area (Å²) in [5.41, 5.74) is 1.37. The molecule has 4 nitrogen and oxygen atoms in total. The fourth-order valence-corrected chi connectivity index (χ4v) is 0.848. The molecule has 0 saturated carbocycles. The van der Waals surface area contributed by atoms with E-state index in [0.717, 1.165) is 13.1 Å². The molecule has 0 aliphatic carbocycles. The maximum atomic E-state index is 8.68. The van der Waals surface area contributed by atoms with E-state index in [1.165, 1.54) is 5.57 Å². The van der Waals surface area contributed by atoms with Crippen LogP contribution in [-0.2, 0) is 0 Å². The molecule has 0 atom stereocenters. The zero-order valence-electron chi connectivity index (χ0n) is 7.74. The molecule has 0 aromatic carbocycles. The quantitative estimate of drug-likeness (QED) is 0.499. The van der Waals surface area contributed by atoms with E-state index in [4.69, 9.17) is 10.3 Å². The topological polar surface area (TPSA) is 69.6 Å². The van der Waals surface area contributed by atoms with Crippen molar-refractivity contribution in [2.75, 3.05) is 13.1 Å². The van der Waals surface area contributed by atoms with Gasteiger partial charge in [0.2, 0.25) is 0 Å². The van der Waals surface area contributed by atoms with E-state index in [0.29, 0.717) is 0 Å². The highest BCUT2D eigenvalue weighted by Gasteiger charge is 1.96. The van der Waals surface area contributed by atoms with E-state index < -0.39 is 21.1 Å². The van der Waals surface area contributed by atoms with Crippen molar-refractivity contribution >= 4 is 0 Å². The third-order valence-corrected chi connectivity index (χ3v) is 1.60. The molecule has 76 valence electrons. The molecule has 5 heteroatoms. The van der Waals surface area contributed by atoms with Crippen molar-refractivity contribution in [2.45, 2.75) is 13.8 Å². The molecule has 0 unspecified atom stereocenters. The third kappa shape index (κ3) is 8.23. The summed E-state index contributed by atoms with van der Waals surface area (Å²) in [4.78, 5) is 2.27. The van der Waals surface area contributed by atoms with Crippen LogP contribution in [-0.4, -0.2) is 21.4 Å². The van der Waals surface area contributed by atoms with Crippen LogP contribution in [0.1, 0.15) is 13.8 Å². The number of nitrogens with zero attached hydrogens (tertiary/aromatic N) is 1. The first kappa shape index (κ1) is 12.9. The van der Waals surface area contributed by atoms with Crippen LogP contribution in [0.3, 0.4) is 0 Å². The minimum absolute atomic E-state index is 1.08. The van der Waals surface area contributed by atoms with Gasteiger partial charge in [0, 0.05) is 13.1 Å². The van der Waals surface area contributed by atoms with Crippen molar-refractivity contribution in [3.8, 4) is 0 Å². The second kappa shape index (κ2) is 7.31. The van der Waals surface area contributed by atoms with Crippen molar-refractivity contribution in [3.63, 3.8) is 0 Å². The molecule has 1 aliphatic rings. The summed E-state index contributed by atoms with van der Waals surface area (Å²) in [6.45, 7) is 6.49. The van der Waals surface area contributed by atoms with Gasteiger partial charge in [-0.05, 0) is 29.6 Å². The minimum atomic E-state index is -3.76. The number of hydrogen-bond donors (Lipinski definition) is 1. The Morgan fingerprint density at radius 3 is 2.46 bits per heavy atom. The van der Waals surface area contributed by atoms with E-state index in [1.54, 1.807) is 0 Å². The number of likely N-dealkylation sites (N-methyl/N-ethyl adjacent to an activating group) is 1. The summed E-state index contributed by atoms with van der Waals surface area (Å²) >= 11 is -3.76. The van der Waals surface area contributed by atoms with Crippen LogP contribution in [0, 0.1) is 0 Å². The Bertz CT molecular complexity index is 189. The monoisotopic (exact) mass is 299 g/mol. The number of halogens is 1. The summed E-state index contributed by atoms with van der Waals surface area (Å²) in [5, 5.41) is 0. The maximum Gasteiger partial charge on any atom is 0.503 e. The standard InChI is InChI=1S/C8H13N.HIO3/c1-3-9-6-4-8(2)5-7-9;2-1(3)4/h4-6H,3,7H2,1-2H3;2H.